The number of rotatable bonds is 9. The van der Waals surface area contributed by atoms with Gasteiger partial charge in [-0.3, -0.25) is 9.59 Å². The van der Waals surface area contributed by atoms with E-state index in [2.05, 4.69) is 10.6 Å². The zero-order valence-electron chi connectivity index (χ0n) is 23.0. The third kappa shape index (κ3) is 9.03. The number of benzene rings is 1. The van der Waals surface area contributed by atoms with Crippen LogP contribution in [0.3, 0.4) is 0 Å². The summed E-state index contributed by atoms with van der Waals surface area (Å²) >= 11 is 6.12. The van der Waals surface area contributed by atoms with Crippen LogP contribution in [0.1, 0.15) is 76.8 Å². The second-order valence-corrected chi connectivity index (χ2v) is 12.0. The van der Waals surface area contributed by atoms with Gasteiger partial charge in [-0.25, -0.2) is 13.6 Å². The molecule has 1 heterocycles. The standard InChI is InChI=1S/C28H41ClF2N4O4/c1-28(2,3)39-27(38)34-23(17-8-5-4-6-9-17)26(37)35-13-7-10-22(35)25(36)33-16-19-14-20(29)12-11-18(19)15-21(32)24(30)31/h11-12,14,17,21-24H,4-10,13,15-16,32H2,1-3H3,(H,33,36)(H,34,38)/t21?,22-,23+/m0/s1. The van der Waals surface area contributed by atoms with Crippen molar-refractivity contribution in [3.8, 4) is 0 Å². The average molecular weight is 571 g/mol. The normalized spacial score (nSPS) is 20.0. The molecule has 1 unspecified atom stereocenters. The average Bonchev–Trinajstić information content (AvgIpc) is 3.36. The van der Waals surface area contributed by atoms with Crippen molar-refractivity contribution in [2.45, 2.75) is 109 Å². The van der Waals surface area contributed by atoms with Crippen molar-refractivity contribution in [2.75, 3.05) is 6.54 Å². The molecule has 0 aromatic heterocycles. The number of nitrogens with zero attached hydrogens (tertiary/aromatic N) is 1. The summed E-state index contributed by atoms with van der Waals surface area (Å²) < 4.78 is 31.5. The molecule has 11 heteroatoms. The van der Waals surface area contributed by atoms with Crippen molar-refractivity contribution < 1.29 is 27.9 Å². The van der Waals surface area contributed by atoms with Gasteiger partial charge in [-0.15, -0.1) is 0 Å². The molecule has 3 atom stereocenters. The van der Waals surface area contributed by atoms with Gasteiger partial charge in [-0.2, -0.15) is 0 Å². The molecular formula is C28H41ClF2N4O4. The van der Waals surface area contributed by atoms with E-state index in [9.17, 15) is 23.2 Å². The molecule has 3 amide bonds. The largest absolute Gasteiger partial charge is 0.444 e. The summed E-state index contributed by atoms with van der Waals surface area (Å²) in [4.78, 5) is 41.3. The molecule has 1 aromatic carbocycles. The topological polar surface area (TPSA) is 114 Å². The van der Waals surface area contributed by atoms with E-state index in [1.165, 1.54) is 0 Å². The fraction of sp³-hybridized carbons (Fsp3) is 0.679. The summed E-state index contributed by atoms with van der Waals surface area (Å²) in [5.41, 5.74) is 6.02. The van der Waals surface area contributed by atoms with Crippen molar-refractivity contribution in [3.63, 3.8) is 0 Å². The minimum absolute atomic E-state index is 0.0314. The Bertz CT molecular complexity index is 1010. The van der Waals surface area contributed by atoms with Gasteiger partial charge in [0.2, 0.25) is 11.8 Å². The predicted octanol–water partition coefficient (Wildman–Crippen LogP) is 4.56. The van der Waals surface area contributed by atoms with Crippen LogP contribution in [0.5, 0.6) is 0 Å². The highest BCUT2D eigenvalue weighted by Crippen LogP contribution is 2.30. The molecule has 0 bridgehead atoms. The van der Waals surface area contributed by atoms with Crippen molar-refractivity contribution in [3.05, 3.63) is 34.3 Å². The Kier molecular flexibility index (Phi) is 11.0. The van der Waals surface area contributed by atoms with E-state index in [1.807, 2.05) is 0 Å². The molecule has 1 saturated heterocycles. The third-order valence-electron chi connectivity index (χ3n) is 7.30. The summed E-state index contributed by atoms with van der Waals surface area (Å²) in [6.45, 7) is 5.75. The van der Waals surface area contributed by atoms with Gasteiger partial charge in [0.25, 0.3) is 6.43 Å². The smallest absolute Gasteiger partial charge is 0.408 e. The zero-order chi connectivity index (χ0) is 28.7. The van der Waals surface area contributed by atoms with Crippen molar-refractivity contribution in [1.82, 2.24) is 15.5 Å². The van der Waals surface area contributed by atoms with Gasteiger partial charge in [-0.05, 0) is 82.1 Å². The van der Waals surface area contributed by atoms with Gasteiger partial charge in [0, 0.05) is 18.1 Å². The van der Waals surface area contributed by atoms with Crippen LogP contribution < -0.4 is 16.4 Å². The van der Waals surface area contributed by atoms with Crippen LogP contribution in [0.2, 0.25) is 5.02 Å². The summed E-state index contributed by atoms with van der Waals surface area (Å²) in [7, 11) is 0. The molecule has 8 nitrogen and oxygen atoms in total. The molecule has 218 valence electrons. The van der Waals surface area contributed by atoms with E-state index in [1.54, 1.807) is 43.9 Å². The molecule has 39 heavy (non-hydrogen) atoms. The number of amides is 3. The van der Waals surface area contributed by atoms with E-state index in [0.29, 0.717) is 35.5 Å². The predicted molar refractivity (Wildman–Crippen MR) is 145 cm³/mol. The Morgan fingerprint density at radius 2 is 1.79 bits per heavy atom. The molecule has 2 aliphatic rings. The number of nitrogens with two attached hydrogens (primary N) is 1. The number of alkyl carbamates (subject to hydrolysis) is 1. The van der Waals surface area contributed by atoms with E-state index < -0.39 is 36.2 Å². The maximum atomic E-state index is 13.8. The fourth-order valence-electron chi connectivity index (χ4n) is 5.37. The minimum Gasteiger partial charge on any atom is -0.444 e. The van der Waals surface area contributed by atoms with E-state index in [0.717, 1.165) is 32.1 Å². The Morgan fingerprint density at radius 1 is 1.10 bits per heavy atom. The number of ether oxygens (including phenoxy) is 1. The fourth-order valence-corrected chi connectivity index (χ4v) is 5.56. The Labute approximate surface area is 234 Å². The van der Waals surface area contributed by atoms with E-state index in [-0.39, 0.29) is 30.7 Å². The van der Waals surface area contributed by atoms with Gasteiger partial charge in [0.1, 0.15) is 17.7 Å². The summed E-state index contributed by atoms with van der Waals surface area (Å²) in [5.74, 6) is -0.655. The first-order valence-corrected chi connectivity index (χ1v) is 14.1. The maximum Gasteiger partial charge on any atom is 0.408 e. The second kappa shape index (κ2) is 13.7. The number of carbonyl (C=O) groups is 3. The Hall–Kier alpha value is -2.46. The van der Waals surface area contributed by atoms with E-state index in [4.69, 9.17) is 22.1 Å². The second-order valence-electron chi connectivity index (χ2n) is 11.5. The van der Waals surface area contributed by atoms with Crippen LogP contribution in [0.15, 0.2) is 18.2 Å². The van der Waals surface area contributed by atoms with Gasteiger partial charge in [0.05, 0.1) is 6.04 Å². The molecule has 0 radical (unpaired) electrons. The molecule has 1 aliphatic heterocycles. The highest BCUT2D eigenvalue weighted by Gasteiger charge is 2.41. The summed E-state index contributed by atoms with van der Waals surface area (Å²) in [6, 6.07) is 2.04. The van der Waals surface area contributed by atoms with Gasteiger partial charge >= 0.3 is 6.09 Å². The monoisotopic (exact) mass is 570 g/mol. The highest BCUT2D eigenvalue weighted by atomic mass is 35.5. The lowest BCUT2D eigenvalue weighted by Crippen LogP contribution is -2.56. The van der Waals surface area contributed by atoms with Crippen LogP contribution >= 0.6 is 11.6 Å². The zero-order valence-corrected chi connectivity index (χ0v) is 23.7. The number of hydrogen-bond acceptors (Lipinski definition) is 5. The van der Waals surface area contributed by atoms with Crippen molar-refractivity contribution >= 4 is 29.5 Å². The highest BCUT2D eigenvalue weighted by molar-refractivity contribution is 6.30. The Balaban J connectivity index is 1.71. The minimum atomic E-state index is -2.67. The summed E-state index contributed by atoms with van der Waals surface area (Å²) in [6.07, 6.45) is 2.43. The molecule has 1 saturated carbocycles. The summed E-state index contributed by atoms with van der Waals surface area (Å²) in [5, 5.41) is 6.07. The number of alkyl halides is 2. The van der Waals surface area contributed by atoms with Gasteiger partial charge in [-0.1, -0.05) is 36.9 Å². The number of likely N-dealkylation sites (tertiary alicyclic amines) is 1. The molecule has 1 aromatic rings. The molecular weight excluding hydrogens is 530 g/mol. The van der Waals surface area contributed by atoms with Crippen LogP contribution in [-0.2, 0) is 27.3 Å². The first-order chi connectivity index (χ1) is 18.4. The lowest BCUT2D eigenvalue weighted by Gasteiger charge is -2.35. The number of halogens is 3. The molecule has 0 spiro atoms. The number of hydrogen-bond donors (Lipinski definition) is 3. The van der Waals surface area contributed by atoms with Gasteiger partial charge in [0.15, 0.2) is 0 Å². The Morgan fingerprint density at radius 3 is 2.44 bits per heavy atom. The molecule has 3 rings (SSSR count). The maximum absolute atomic E-state index is 13.8. The first kappa shape index (κ1) is 31.1. The number of nitrogens with one attached hydrogen (secondary N) is 2. The number of carbonyl (C=O) groups excluding carboxylic acids is 3. The van der Waals surface area contributed by atoms with Crippen LogP contribution in [-0.4, -0.2) is 59.5 Å². The molecule has 1 aliphatic carbocycles. The lowest BCUT2D eigenvalue weighted by molar-refractivity contribution is -0.141. The molecule has 2 fully saturated rings. The first-order valence-electron chi connectivity index (χ1n) is 13.7. The van der Waals surface area contributed by atoms with Gasteiger partial charge < -0.3 is 26.0 Å². The SMILES string of the molecule is CC(C)(C)OC(=O)N[C@@H](C(=O)N1CCC[C@H]1C(=O)NCc1cc(Cl)ccc1CC(N)C(F)F)C1CCCCC1. The lowest BCUT2D eigenvalue weighted by atomic mass is 9.83. The van der Waals surface area contributed by atoms with E-state index >= 15 is 0 Å². The molecule has 4 N–H and O–H groups in total. The van der Waals surface area contributed by atoms with Crippen molar-refractivity contribution in [1.29, 1.82) is 0 Å². The van der Waals surface area contributed by atoms with Crippen LogP contribution in [0.25, 0.3) is 0 Å². The van der Waals surface area contributed by atoms with Crippen LogP contribution in [0, 0.1) is 5.92 Å². The van der Waals surface area contributed by atoms with Crippen molar-refractivity contribution in [2.24, 2.45) is 11.7 Å². The quantitative estimate of drug-likeness (QED) is 0.403. The third-order valence-corrected chi connectivity index (χ3v) is 7.53. The van der Waals surface area contributed by atoms with Crippen LogP contribution in [0.4, 0.5) is 13.6 Å².